The van der Waals surface area contributed by atoms with Gasteiger partial charge in [0, 0.05) is 5.56 Å². The average molecular weight is 299 g/mol. The minimum absolute atomic E-state index is 0.144. The number of hydrogen-bond donors (Lipinski definition) is 2. The van der Waals surface area contributed by atoms with Gasteiger partial charge in [0.05, 0.1) is 18.4 Å². The third kappa shape index (κ3) is 3.63. The summed E-state index contributed by atoms with van der Waals surface area (Å²) in [5, 5.41) is 11.6. The van der Waals surface area contributed by atoms with Crippen LogP contribution in [0.1, 0.15) is 27.7 Å². The molecule has 4 nitrogen and oxygen atoms in total. The van der Waals surface area contributed by atoms with Gasteiger partial charge in [0.15, 0.2) is 0 Å². The molecule has 112 valence electrons. The van der Waals surface area contributed by atoms with Crippen LogP contribution in [0.15, 0.2) is 47.1 Å². The Labute approximate surface area is 118 Å². The summed E-state index contributed by atoms with van der Waals surface area (Å²) in [4.78, 5) is 12.0. The van der Waals surface area contributed by atoms with Crippen LogP contribution in [0.2, 0.25) is 0 Å². The van der Waals surface area contributed by atoms with E-state index >= 15 is 0 Å². The van der Waals surface area contributed by atoms with Gasteiger partial charge in [-0.25, -0.2) is 0 Å². The van der Waals surface area contributed by atoms with Crippen molar-refractivity contribution in [1.82, 2.24) is 5.32 Å². The molecule has 2 aromatic rings. The second-order valence-corrected chi connectivity index (χ2v) is 4.30. The van der Waals surface area contributed by atoms with Crippen molar-refractivity contribution < 1.29 is 27.5 Å². The van der Waals surface area contributed by atoms with Crippen molar-refractivity contribution >= 4 is 5.91 Å². The summed E-state index contributed by atoms with van der Waals surface area (Å²) >= 11 is 0. The molecular weight excluding hydrogens is 287 g/mol. The van der Waals surface area contributed by atoms with Crippen LogP contribution in [-0.4, -0.2) is 17.6 Å². The summed E-state index contributed by atoms with van der Waals surface area (Å²) in [6.07, 6.45) is -3.15. The van der Waals surface area contributed by atoms with Gasteiger partial charge in [-0.1, -0.05) is 6.07 Å². The summed E-state index contributed by atoms with van der Waals surface area (Å²) < 4.78 is 42.8. The van der Waals surface area contributed by atoms with Crippen molar-refractivity contribution in [2.75, 3.05) is 6.61 Å². The van der Waals surface area contributed by atoms with E-state index in [0.29, 0.717) is 5.76 Å². The van der Waals surface area contributed by atoms with Gasteiger partial charge < -0.3 is 14.8 Å². The molecule has 0 aliphatic heterocycles. The van der Waals surface area contributed by atoms with Crippen LogP contribution < -0.4 is 5.32 Å². The summed E-state index contributed by atoms with van der Waals surface area (Å²) in [6, 6.07) is 6.36. The molecule has 1 atom stereocenters. The third-order valence-electron chi connectivity index (χ3n) is 2.83. The highest BCUT2D eigenvalue weighted by Crippen LogP contribution is 2.29. The number of benzene rings is 1. The maximum absolute atomic E-state index is 12.6. The van der Waals surface area contributed by atoms with Crippen LogP contribution in [0, 0.1) is 0 Å². The van der Waals surface area contributed by atoms with Crippen LogP contribution in [0.3, 0.4) is 0 Å². The number of carbonyl (C=O) groups is 1. The molecule has 21 heavy (non-hydrogen) atoms. The molecule has 2 rings (SSSR count). The number of furan rings is 1. The summed E-state index contributed by atoms with van der Waals surface area (Å²) in [5.41, 5.74) is -1.05. The maximum Gasteiger partial charge on any atom is 0.416 e. The molecule has 1 unspecified atom stereocenters. The number of nitrogens with one attached hydrogen (secondary N) is 1. The fourth-order valence-corrected chi connectivity index (χ4v) is 1.77. The van der Waals surface area contributed by atoms with Gasteiger partial charge in [-0.05, 0) is 30.3 Å². The molecule has 0 fully saturated rings. The highest BCUT2D eigenvalue weighted by Gasteiger charge is 2.31. The predicted molar refractivity (Wildman–Crippen MR) is 67.4 cm³/mol. The first-order valence-electron chi connectivity index (χ1n) is 6.04. The first-order valence-corrected chi connectivity index (χ1v) is 6.04. The van der Waals surface area contributed by atoms with E-state index < -0.39 is 30.3 Å². The molecule has 0 aliphatic carbocycles. The van der Waals surface area contributed by atoms with Gasteiger partial charge in [0.25, 0.3) is 5.91 Å². The highest BCUT2D eigenvalue weighted by molar-refractivity contribution is 5.94. The molecule has 0 saturated heterocycles. The van der Waals surface area contributed by atoms with Crippen LogP contribution in [-0.2, 0) is 6.18 Å². The molecule has 1 amide bonds. The second-order valence-electron chi connectivity index (χ2n) is 4.30. The highest BCUT2D eigenvalue weighted by atomic mass is 19.4. The van der Waals surface area contributed by atoms with Gasteiger partial charge in [0.1, 0.15) is 11.8 Å². The van der Waals surface area contributed by atoms with E-state index in [9.17, 15) is 23.1 Å². The van der Waals surface area contributed by atoms with Gasteiger partial charge in [-0.3, -0.25) is 4.79 Å². The molecule has 1 aromatic carbocycles. The van der Waals surface area contributed by atoms with Gasteiger partial charge >= 0.3 is 6.18 Å². The minimum Gasteiger partial charge on any atom is -0.467 e. The summed E-state index contributed by atoms with van der Waals surface area (Å²) in [6.45, 7) is -0.432. The van der Waals surface area contributed by atoms with Crippen LogP contribution in [0.25, 0.3) is 0 Å². The zero-order valence-electron chi connectivity index (χ0n) is 10.7. The molecule has 1 heterocycles. The molecule has 1 aromatic heterocycles. The molecule has 0 bridgehead atoms. The summed E-state index contributed by atoms with van der Waals surface area (Å²) in [7, 11) is 0. The van der Waals surface area contributed by atoms with E-state index in [4.69, 9.17) is 4.42 Å². The van der Waals surface area contributed by atoms with E-state index in [1.165, 1.54) is 12.3 Å². The first kappa shape index (κ1) is 15.1. The topological polar surface area (TPSA) is 62.5 Å². The summed E-state index contributed by atoms with van der Waals surface area (Å²) in [5.74, 6) is -0.408. The van der Waals surface area contributed by atoms with Crippen molar-refractivity contribution in [3.05, 3.63) is 59.5 Å². The van der Waals surface area contributed by atoms with E-state index in [1.807, 2.05) is 0 Å². The van der Waals surface area contributed by atoms with Crippen molar-refractivity contribution in [3.63, 3.8) is 0 Å². The molecular formula is C14H12F3NO3. The van der Waals surface area contributed by atoms with Crippen molar-refractivity contribution in [3.8, 4) is 0 Å². The zero-order valence-corrected chi connectivity index (χ0v) is 10.7. The lowest BCUT2D eigenvalue weighted by atomic mass is 10.1. The molecule has 2 N–H and O–H groups in total. The van der Waals surface area contributed by atoms with E-state index in [1.54, 1.807) is 12.1 Å². The molecule has 7 heteroatoms. The Balaban J connectivity index is 2.17. The number of aliphatic hydroxyl groups excluding tert-OH is 1. The van der Waals surface area contributed by atoms with Crippen LogP contribution in [0.5, 0.6) is 0 Å². The fraction of sp³-hybridized carbons (Fsp3) is 0.214. The Bertz CT molecular complexity index is 608. The number of amides is 1. The van der Waals surface area contributed by atoms with E-state index in [0.717, 1.165) is 18.2 Å². The van der Waals surface area contributed by atoms with Gasteiger partial charge in [0.2, 0.25) is 0 Å². The number of carbonyl (C=O) groups excluding carboxylic acids is 1. The minimum atomic E-state index is -4.52. The molecule has 0 aliphatic rings. The predicted octanol–water partition coefficient (Wildman–Crippen LogP) is 2.76. The standard InChI is InChI=1S/C14H12F3NO3/c15-14(16,17)10-4-1-3-9(7-10)13(20)18-11(8-19)12-5-2-6-21-12/h1-7,11,19H,8H2,(H,18,20). The number of alkyl halides is 3. The Morgan fingerprint density at radius 3 is 2.62 bits per heavy atom. The van der Waals surface area contributed by atoms with Crippen LogP contribution >= 0.6 is 0 Å². The second kappa shape index (κ2) is 6.01. The maximum atomic E-state index is 12.6. The quantitative estimate of drug-likeness (QED) is 0.912. The van der Waals surface area contributed by atoms with Crippen molar-refractivity contribution in [1.29, 1.82) is 0 Å². The zero-order chi connectivity index (χ0) is 15.5. The lowest BCUT2D eigenvalue weighted by molar-refractivity contribution is -0.137. The molecule has 0 spiro atoms. The lowest BCUT2D eigenvalue weighted by Crippen LogP contribution is -2.30. The number of halogens is 3. The lowest BCUT2D eigenvalue weighted by Gasteiger charge is -2.14. The SMILES string of the molecule is O=C(NC(CO)c1ccco1)c1cccc(C(F)(F)F)c1. The number of aliphatic hydroxyl groups is 1. The molecule has 0 radical (unpaired) electrons. The number of hydrogen-bond acceptors (Lipinski definition) is 3. The smallest absolute Gasteiger partial charge is 0.416 e. The largest absolute Gasteiger partial charge is 0.467 e. The first-order chi connectivity index (χ1) is 9.91. The van der Waals surface area contributed by atoms with Crippen molar-refractivity contribution in [2.45, 2.75) is 12.2 Å². The number of rotatable bonds is 4. The van der Waals surface area contributed by atoms with E-state index in [-0.39, 0.29) is 5.56 Å². The van der Waals surface area contributed by atoms with Crippen LogP contribution in [0.4, 0.5) is 13.2 Å². The Hall–Kier alpha value is -2.28. The Morgan fingerprint density at radius 1 is 1.29 bits per heavy atom. The van der Waals surface area contributed by atoms with Gasteiger partial charge in [-0.2, -0.15) is 13.2 Å². The third-order valence-corrected chi connectivity index (χ3v) is 2.83. The van der Waals surface area contributed by atoms with Crippen molar-refractivity contribution in [2.24, 2.45) is 0 Å². The monoisotopic (exact) mass is 299 g/mol. The average Bonchev–Trinajstić information content (AvgIpc) is 2.97. The fourth-order valence-electron chi connectivity index (χ4n) is 1.77. The normalized spacial score (nSPS) is 13.0. The van der Waals surface area contributed by atoms with E-state index in [2.05, 4.69) is 5.32 Å². The molecule has 0 saturated carbocycles. The Kier molecular flexibility index (Phi) is 4.32. The Morgan fingerprint density at radius 2 is 2.05 bits per heavy atom. The van der Waals surface area contributed by atoms with Gasteiger partial charge in [-0.15, -0.1) is 0 Å².